The molecule has 7 nitrogen and oxygen atoms in total. The lowest BCUT2D eigenvalue weighted by Crippen LogP contribution is -2.25. The Kier molecular flexibility index (Phi) is 5.56. The van der Waals surface area contributed by atoms with Gasteiger partial charge in [0.2, 0.25) is 10.0 Å². The summed E-state index contributed by atoms with van der Waals surface area (Å²) in [6, 6.07) is 9.86. The predicted molar refractivity (Wildman–Crippen MR) is 108 cm³/mol. The van der Waals surface area contributed by atoms with Crippen molar-refractivity contribution in [3.8, 4) is 11.5 Å². The third-order valence-electron chi connectivity index (χ3n) is 4.70. The second kappa shape index (κ2) is 8.12. The monoisotopic (exact) mass is 437 g/mol. The van der Waals surface area contributed by atoms with E-state index < -0.39 is 16.0 Å². The zero-order chi connectivity index (χ0) is 20.4. The van der Waals surface area contributed by atoms with Gasteiger partial charge in [-0.2, -0.15) is 0 Å². The van der Waals surface area contributed by atoms with Gasteiger partial charge in [0, 0.05) is 13.0 Å². The molecule has 0 saturated carbocycles. The van der Waals surface area contributed by atoms with Crippen LogP contribution in [0.15, 0.2) is 36.4 Å². The lowest BCUT2D eigenvalue weighted by Gasteiger charge is -2.17. The fourth-order valence-corrected chi connectivity index (χ4v) is 5.16. The first-order chi connectivity index (χ1) is 13.9. The molecule has 0 aliphatic carbocycles. The lowest BCUT2D eigenvalue weighted by molar-refractivity contribution is 0.0472. The third-order valence-corrected chi connectivity index (χ3v) is 6.85. The third kappa shape index (κ3) is 4.28. The van der Waals surface area contributed by atoms with Crippen LogP contribution in [0.2, 0.25) is 5.02 Å². The van der Waals surface area contributed by atoms with Crippen LogP contribution >= 0.6 is 11.6 Å². The second-order valence-corrected chi connectivity index (χ2v) is 9.24. The number of carbonyl (C=O) groups excluding carboxylic acids is 1. The summed E-state index contributed by atoms with van der Waals surface area (Å²) in [5.74, 6) is 0.597. The molecule has 29 heavy (non-hydrogen) atoms. The van der Waals surface area contributed by atoms with Crippen LogP contribution in [-0.2, 0) is 21.4 Å². The largest absolute Gasteiger partial charge is 0.489 e. The number of rotatable bonds is 4. The van der Waals surface area contributed by atoms with Gasteiger partial charge in [-0.15, -0.1) is 0 Å². The Labute approximate surface area is 174 Å². The minimum absolute atomic E-state index is 0.00142. The molecule has 2 aliphatic rings. The van der Waals surface area contributed by atoms with Crippen LogP contribution in [0, 0.1) is 0 Å². The number of nitrogens with zero attached hydrogens (tertiary/aromatic N) is 1. The number of carbonyl (C=O) groups is 1. The molecule has 154 valence electrons. The maximum Gasteiger partial charge on any atom is 0.338 e. The average Bonchev–Trinajstić information content (AvgIpc) is 2.90. The predicted octanol–water partition coefficient (Wildman–Crippen LogP) is 3.40. The van der Waals surface area contributed by atoms with Crippen molar-refractivity contribution in [1.82, 2.24) is 0 Å². The topological polar surface area (TPSA) is 82.1 Å². The summed E-state index contributed by atoms with van der Waals surface area (Å²) >= 11 is 6.26. The molecule has 0 aromatic heterocycles. The van der Waals surface area contributed by atoms with Crippen LogP contribution < -0.4 is 13.8 Å². The summed E-state index contributed by atoms with van der Waals surface area (Å²) in [6.45, 7) is 1.47. The standard InChI is InChI=1S/C20H20ClNO6S/c21-17-10-14(11-18-19(17)27-8-3-7-26-18)13-28-20(23)15-4-1-5-16(12-15)22-6-2-9-29(22,24)25/h1,4-5,10-12H,2-3,6-9,13H2. The maximum atomic E-state index is 12.5. The fourth-order valence-electron chi connectivity index (χ4n) is 3.32. The van der Waals surface area contributed by atoms with Gasteiger partial charge < -0.3 is 14.2 Å². The van der Waals surface area contributed by atoms with Crippen molar-refractivity contribution in [2.24, 2.45) is 0 Å². The van der Waals surface area contributed by atoms with Crippen LogP contribution in [0.3, 0.4) is 0 Å². The van der Waals surface area contributed by atoms with Crippen LogP contribution in [0.4, 0.5) is 5.69 Å². The van der Waals surface area contributed by atoms with Gasteiger partial charge in [-0.25, -0.2) is 13.2 Å². The van der Waals surface area contributed by atoms with E-state index in [-0.39, 0.29) is 17.9 Å². The van der Waals surface area contributed by atoms with Gasteiger partial charge in [-0.05, 0) is 42.3 Å². The highest BCUT2D eigenvalue weighted by atomic mass is 35.5. The minimum Gasteiger partial charge on any atom is -0.489 e. The summed E-state index contributed by atoms with van der Waals surface area (Å²) < 4.78 is 42.2. The van der Waals surface area contributed by atoms with E-state index in [9.17, 15) is 13.2 Å². The van der Waals surface area contributed by atoms with Crippen molar-refractivity contribution < 1.29 is 27.4 Å². The number of benzene rings is 2. The molecule has 0 amide bonds. The average molecular weight is 438 g/mol. The molecule has 2 aromatic carbocycles. The van der Waals surface area contributed by atoms with Crippen LogP contribution in [0.25, 0.3) is 0 Å². The van der Waals surface area contributed by atoms with E-state index in [0.717, 1.165) is 6.42 Å². The van der Waals surface area contributed by atoms with Crippen molar-refractivity contribution in [3.05, 3.63) is 52.5 Å². The molecule has 1 fully saturated rings. The van der Waals surface area contributed by atoms with Gasteiger partial charge in [0.25, 0.3) is 0 Å². The molecule has 2 heterocycles. The van der Waals surface area contributed by atoms with E-state index in [2.05, 4.69) is 0 Å². The number of ether oxygens (including phenoxy) is 3. The van der Waals surface area contributed by atoms with Crippen molar-refractivity contribution >= 4 is 33.3 Å². The summed E-state index contributed by atoms with van der Waals surface area (Å²) in [4.78, 5) is 12.5. The molecule has 4 rings (SSSR count). The number of anilines is 1. The number of sulfonamides is 1. The summed E-state index contributed by atoms with van der Waals surface area (Å²) in [7, 11) is -3.31. The van der Waals surface area contributed by atoms with E-state index in [1.165, 1.54) is 10.4 Å². The van der Waals surface area contributed by atoms with Gasteiger partial charge >= 0.3 is 5.97 Å². The molecule has 0 N–H and O–H groups in total. The summed E-state index contributed by atoms with van der Waals surface area (Å²) in [5.41, 5.74) is 1.42. The van der Waals surface area contributed by atoms with Crippen LogP contribution in [0.5, 0.6) is 11.5 Å². The number of hydrogen-bond acceptors (Lipinski definition) is 6. The zero-order valence-corrected chi connectivity index (χ0v) is 17.2. The van der Waals surface area contributed by atoms with Gasteiger partial charge in [-0.3, -0.25) is 4.31 Å². The molecule has 9 heteroatoms. The van der Waals surface area contributed by atoms with E-state index in [4.69, 9.17) is 25.8 Å². The molecule has 0 bridgehead atoms. The molecule has 2 aromatic rings. The molecule has 0 atom stereocenters. The van der Waals surface area contributed by atoms with E-state index in [0.29, 0.717) is 54.0 Å². The van der Waals surface area contributed by atoms with Crippen molar-refractivity contribution in [3.63, 3.8) is 0 Å². The van der Waals surface area contributed by atoms with E-state index in [1.807, 2.05) is 0 Å². The molecule has 2 aliphatic heterocycles. The molecule has 0 unspecified atom stereocenters. The Morgan fingerprint density at radius 3 is 2.76 bits per heavy atom. The Bertz CT molecular complexity index is 1040. The zero-order valence-electron chi connectivity index (χ0n) is 15.6. The SMILES string of the molecule is O=C(OCc1cc(Cl)c2c(c1)OCCCO2)c1cccc(N2CCCS2(=O)=O)c1. The van der Waals surface area contributed by atoms with Crippen molar-refractivity contribution in [2.45, 2.75) is 19.4 Å². The Hall–Kier alpha value is -2.45. The van der Waals surface area contributed by atoms with Crippen LogP contribution in [-0.4, -0.2) is 39.9 Å². The van der Waals surface area contributed by atoms with Gasteiger partial charge in [0.15, 0.2) is 11.5 Å². The summed E-state index contributed by atoms with van der Waals surface area (Å²) in [5, 5.41) is 0.400. The van der Waals surface area contributed by atoms with Gasteiger partial charge in [-0.1, -0.05) is 17.7 Å². The van der Waals surface area contributed by atoms with Crippen LogP contribution in [0.1, 0.15) is 28.8 Å². The molecular formula is C20H20ClNO6S. The lowest BCUT2D eigenvalue weighted by atomic mass is 10.2. The van der Waals surface area contributed by atoms with E-state index in [1.54, 1.807) is 30.3 Å². The van der Waals surface area contributed by atoms with Gasteiger partial charge in [0.05, 0.1) is 35.2 Å². The molecular weight excluding hydrogens is 418 g/mol. The smallest absolute Gasteiger partial charge is 0.338 e. The Morgan fingerprint density at radius 1 is 1.14 bits per heavy atom. The number of esters is 1. The van der Waals surface area contributed by atoms with Crippen molar-refractivity contribution in [1.29, 1.82) is 0 Å². The first-order valence-electron chi connectivity index (χ1n) is 9.30. The minimum atomic E-state index is -3.31. The highest BCUT2D eigenvalue weighted by Gasteiger charge is 2.28. The number of fused-ring (bicyclic) bond motifs is 1. The quantitative estimate of drug-likeness (QED) is 0.682. The highest BCUT2D eigenvalue weighted by molar-refractivity contribution is 7.93. The maximum absolute atomic E-state index is 12.5. The Morgan fingerprint density at radius 2 is 1.97 bits per heavy atom. The summed E-state index contributed by atoms with van der Waals surface area (Å²) in [6.07, 6.45) is 1.33. The first-order valence-corrected chi connectivity index (χ1v) is 11.3. The highest BCUT2D eigenvalue weighted by Crippen LogP contribution is 2.38. The van der Waals surface area contributed by atoms with E-state index >= 15 is 0 Å². The number of hydrogen-bond donors (Lipinski definition) is 0. The Balaban J connectivity index is 1.47. The second-order valence-electron chi connectivity index (χ2n) is 6.82. The normalized spacial score (nSPS) is 17.6. The van der Waals surface area contributed by atoms with Crippen molar-refractivity contribution in [2.75, 3.05) is 29.8 Å². The number of halogens is 1. The fraction of sp³-hybridized carbons (Fsp3) is 0.350. The van der Waals surface area contributed by atoms with Gasteiger partial charge in [0.1, 0.15) is 6.61 Å². The molecule has 0 spiro atoms. The molecule has 0 radical (unpaired) electrons. The first kappa shape index (κ1) is 19.8. The molecule has 1 saturated heterocycles.